The van der Waals surface area contributed by atoms with Gasteiger partial charge in [0.05, 0.1) is 11.3 Å². The molecule has 3 N–H and O–H groups in total. The Morgan fingerprint density at radius 3 is 2.83 bits per heavy atom. The normalized spacial score (nSPS) is 22.6. The number of hydrogen-bond acceptors (Lipinski definition) is 3. The van der Waals surface area contributed by atoms with Gasteiger partial charge in [0.15, 0.2) is 0 Å². The molecular weight excluding hydrogens is 304 g/mol. The maximum absolute atomic E-state index is 13.8. The number of carbonyl (C=O) groups excluding carboxylic acids is 1. The lowest BCUT2D eigenvalue weighted by Gasteiger charge is -2.36. The third-order valence-corrected chi connectivity index (χ3v) is 4.64. The molecule has 7 heteroatoms. The molecule has 2 aliphatic rings. The number of halogens is 2. The van der Waals surface area contributed by atoms with Crippen molar-refractivity contribution in [3.05, 3.63) is 29.8 Å². The second kappa shape index (κ2) is 6.31. The minimum atomic E-state index is -0.754. The van der Waals surface area contributed by atoms with Gasteiger partial charge in [-0.1, -0.05) is 0 Å². The maximum atomic E-state index is 13.8. The zero-order chi connectivity index (χ0) is 16.4. The molecule has 3 rings (SSSR count). The molecule has 1 aromatic rings. The number of rotatable bonds is 4. The molecule has 23 heavy (non-hydrogen) atoms. The minimum absolute atomic E-state index is 0.101. The first-order chi connectivity index (χ1) is 11.0. The molecule has 126 valence electrons. The van der Waals surface area contributed by atoms with Crippen LogP contribution in [0.2, 0.25) is 0 Å². The number of nitrogens with one attached hydrogen (secondary N) is 2. The monoisotopic (exact) mass is 325 g/mol. The van der Waals surface area contributed by atoms with Gasteiger partial charge in [0.1, 0.15) is 11.6 Å². The first-order valence-corrected chi connectivity index (χ1v) is 7.92. The molecule has 5 nitrogen and oxygen atoms in total. The zero-order valence-electron chi connectivity index (χ0n) is 12.8. The van der Waals surface area contributed by atoms with Gasteiger partial charge in [0.25, 0.3) is 0 Å². The summed E-state index contributed by atoms with van der Waals surface area (Å²) in [6.07, 6.45) is 3.11. The van der Waals surface area contributed by atoms with E-state index in [0.717, 1.165) is 12.5 Å². The van der Waals surface area contributed by atoms with Crippen LogP contribution in [0.15, 0.2) is 18.2 Å². The first kappa shape index (κ1) is 16.0. The summed E-state index contributed by atoms with van der Waals surface area (Å²) in [6.45, 7) is 1.32. The van der Waals surface area contributed by atoms with Gasteiger partial charge in [-0.25, -0.2) is 13.6 Å². The molecule has 0 radical (unpaired) electrons. The van der Waals surface area contributed by atoms with E-state index in [4.69, 9.17) is 0 Å². The Balaban J connectivity index is 1.48. The zero-order valence-corrected chi connectivity index (χ0v) is 12.8. The molecule has 1 aromatic carbocycles. The Kier molecular flexibility index (Phi) is 4.39. The molecule has 1 unspecified atom stereocenters. The molecule has 1 atom stereocenters. The number of hydrogen-bond donors (Lipinski definition) is 3. The fourth-order valence-corrected chi connectivity index (χ4v) is 3.08. The lowest BCUT2D eigenvalue weighted by molar-refractivity contribution is -0.0290. The van der Waals surface area contributed by atoms with E-state index in [1.54, 1.807) is 4.90 Å². The number of urea groups is 1. The van der Waals surface area contributed by atoms with Gasteiger partial charge in [0, 0.05) is 31.7 Å². The summed E-state index contributed by atoms with van der Waals surface area (Å²) < 4.78 is 26.7. The van der Waals surface area contributed by atoms with Crippen LogP contribution in [0.25, 0.3) is 0 Å². The standard InChI is InChI=1S/C16H21F2N3O2/c17-11-2-3-14(13(18)8-11)21-7-4-12(9-21)20-15(22)19-10-16(23)5-1-6-16/h2-3,8,12,23H,1,4-7,9-10H2,(H2,19,20,22). The topological polar surface area (TPSA) is 64.6 Å². The van der Waals surface area contributed by atoms with Crippen LogP contribution in [0, 0.1) is 11.6 Å². The van der Waals surface area contributed by atoms with Crippen LogP contribution in [0.1, 0.15) is 25.7 Å². The van der Waals surface area contributed by atoms with E-state index in [1.165, 1.54) is 12.1 Å². The number of carbonyl (C=O) groups is 1. The SMILES string of the molecule is O=C(NCC1(O)CCC1)NC1CCN(c2ccc(F)cc2F)C1. The Hall–Kier alpha value is -1.89. The molecule has 0 spiro atoms. The predicted molar refractivity (Wildman–Crippen MR) is 82.3 cm³/mol. The molecule has 1 saturated carbocycles. The molecule has 0 aromatic heterocycles. The number of anilines is 1. The lowest BCUT2D eigenvalue weighted by Crippen LogP contribution is -2.51. The fraction of sp³-hybridized carbons (Fsp3) is 0.562. The largest absolute Gasteiger partial charge is 0.388 e. The van der Waals surface area contributed by atoms with Crippen LogP contribution in [0.4, 0.5) is 19.3 Å². The highest BCUT2D eigenvalue weighted by molar-refractivity contribution is 5.74. The summed E-state index contributed by atoms with van der Waals surface area (Å²) in [4.78, 5) is 13.7. The summed E-state index contributed by atoms with van der Waals surface area (Å²) in [7, 11) is 0. The molecule has 1 saturated heterocycles. The van der Waals surface area contributed by atoms with Crippen molar-refractivity contribution >= 4 is 11.7 Å². The molecule has 1 heterocycles. The average molecular weight is 325 g/mol. The number of nitrogens with zero attached hydrogens (tertiary/aromatic N) is 1. The molecular formula is C16H21F2N3O2. The van der Waals surface area contributed by atoms with E-state index in [9.17, 15) is 18.7 Å². The van der Waals surface area contributed by atoms with Gasteiger partial charge < -0.3 is 20.6 Å². The Morgan fingerprint density at radius 1 is 1.39 bits per heavy atom. The fourth-order valence-electron chi connectivity index (χ4n) is 3.08. The Labute approximate surface area is 133 Å². The molecule has 0 bridgehead atoms. The van der Waals surface area contributed by atoms with Crippen LogP contribution < -0.4 is 15.5 Å². The van der Waals surface area contributed by atoms with Crippen LogP contribution in [0.3, 0.4) is 0 Å². The van der Waals surface area contributed by atoms with Crippen molar-refractivity contribution in [3.8, 4) is 0 Å². The van der Waals surface area contributed by atoms with Crippen LogP contribution in [-0.4, -0.2) is 42.4 Å². The second-order valence-electron chi connectivity index (χ2n) is 6.43. The van der Waals surface area contributed by atoms with Crippen molar-refractivity contribution in [2.24, 2.45) is 0 Å². The van der Waals surface area contributed by atoms with Crippen molar-refractivity contribution in [2.45, 2.75) is 37.3 Å². The molecule has 2 amide bonds. The highest BCUT2D eigenvalue weighted by Gasteiger charge is 2.35. The third-order valence-electron chi connectivity index (χ3n) is 4.64. The van der Waals surface area contributed by atoms with Crippen molar-refractivity contribution in [1.82, 2.24) is 10.6 Å². The number of benzene rings is 1. The highest BCUT2D eigenvalue weighted by Crippen LogP contribution is 2.30. The van der Waals surface area contributed by atoms with Crippen molar-refractivity contribution in [3.63, 3.8) is 0 Å². The van der Waals surface area contributed by atoms with E-state index in [1.807, 2.05) is 0 Å². The second-order valence-corrected chi connectivity index (χ2v) is 6.43. The smallest absolute Gasteiger partial charge is 0.315 e. The predicted octanol–water partition coefficient (Wildman–Crippen LogP) is 1.76. The summed E-state index contributed by atoms with van der Waals surface area (Å²) in [5.74, 6) is -1.20. The maximum Gasteiger partial charge on any atom is 0.315 e. The van der Waals surface area contributed by atoms with Crippen molar-refractivity contribution < 1.29 is 18.7 Å². The van der Waals surface area contributed by atoms with Gasteiger partial charge in [-0.2, -0.15) is 0 Å². The molecule has 2 fully saturated rings. The van der Waals surface area contributed by atoms with Crippen molar-refractivity contribution in [2.75, 3.05) is 24.5 Å². The molecule has 1 aliphatic carbocycles. The highest BCUT2D eigenvalue weighted by atomic mass is 19.1. The van der Waals surface area contributed by atoms with E-state index in [2.05, 4.69) is 10.6 Å². The lowest BCUT2D eigenvalue weighted by atomic mass is 9.80. The van der Waals surface area contributed by atoms with Gasteiger partial charge in [0.2, 0.25) is 0 Å². The Bertz CT molecular complexity index is 593. The van der Waals surface area contributed by atoms with Gasteiger partial charge in [-0.3, -0.25) is 0 Å². The van der Waals surface area contributed by atoms with Crippen molar-refractivity contribution in [1.29, 1.82) is 0 Å². The average Bonchev–Trinajstić information content (AvgIpc) is 2.91. The summed E-state index contributed by atoms with van der Waals surface area (Å²) in [6, 6.07) is 3.08. The summed E-state index contributed by atoms with van der Waals surface area (Å²) >= 11 is 0. The van der Waals surface area contributed by atoms with Gasteiger partial charge >= 0.3 is 6.03 Å². The van der Waals surface area contributed by atoms with E-state index >= 15 is 0 Å². The van der Waals surface area contributed by atoms with Gasteiger partial charge in [-0.05, 0) is 37.8 Å². The quantitative estimate of drug-likeness (QED) is 0.790. The first-order valence-electron chi connectivity index (χ1n) is 7.92. The van der Waals surface area contributed by atoms with E-state index in [-0.39, 0.29) is 18.6 Å². The number of amides is 2. The van der Waals surface area contributed by atoms with Gasteiger partial charge in [-0.15, -0.1) is 0 Å². The summed E-state index contributed by atoms with van der Waals surface area (Å²) in [5, 5.41) is 15.5. The van der Waals surface area contributed by atoms with Crippen LogP contribution >= 0.6 is 0 Å². The number of aliphatic hydroxyl groups is 1. The minimum Gasteiger partial charge on any atom is -0.388 e. The Morgan fingerprint density at radius 2 is 2.17 bits per heavy atom. The van der Waals surface area contributed by atoms with E-state index < -0.39 is 17.2 Å². The van der Waals surface area contributed by atoms with Crippen LogP contribution in [-0.2, 0) is 0 Å². The van der Waals surface area contributed by atoms with Crippen LogP contribution in [0.5, 0.6) is 0 Å². The summed E-state index contributed by atoms with van der Waals surface area (Å²) in [5.41, 5.74) is -0.407. The third kappa shape index (κ3) is 3.72. The van der Waals surface area contributed by atoms with E-state index in [0.29, 0.717) is 38.0 Å². The molecule has 1 aliphatic heterocycles.